The molecular weight excluding hydrogens is 363 g/mol. The van der Waals surface area contributed by atoms with Crippen molar-refractivity contribution in [3.8, 4) is 0 Å². The molecule has 1 N–H and O–H groups in total. The average Bonchev–Trinajstić information content (AvgIpc) is 2.67. The smallest absolute Gasteiger partial charge is 0.269 e. The molecule has 6 nitrogen and oxygen atoms in total. The Hall–Kier alpha value is -3.35. The van der Waals surface area contributed by atoms with Crippen molar-refractivity contribution in [1.82, 2.24) is 5.32 Å². The van der Waals surface area contributed by atoms with Gasteiger partial charge in [-0.05, 0) is 35.6 Å². The maximum Gasteiger partial charge on any atom is 0.269 e. The number of benzene rings is 2. The summed E-state index contributed by atoms with van der Waals surface area (Å²) in [4.78, 5) is 35.6. The maximum atomic E-state index is 13.2. The molecule has 0 unspecified atom stereocenters. The molecule has 7 heteroatoms. The summed E-state index contributed by atoms with van der Waals surface area (Å²) in [6.45, 7) is 0. The highest BCUT2D eigenvalue weighted by atomic mass is 19.1. The van der Waals surface area contributed by atoms with Crippen molar-refractivity contribution in [1.29, 1.82) is 0 Å². The first-order chi connectivity index (χ1) is 13.4. The number of hydrogen-bond donors (Lipinski definition) is 1. The van der Waals surface area contributed by atoms with Gasteiger partial charge < -0.3 is 5.32 Å². The SMILES string of the molecule is O=C1C[C@H](c2ccc([N+](=O)[O-])cc2)C2=C(C[C@H](c3ccc(F)cc3)CC2=O)N1. The molecule has 4 rings (SSSR count). The minimum Gasteiger partial charge on any atom is -0.329 e. The summed E-state index contributed by atoms with van der Waals surface area (Å²) >= 11 is 0. The van der Waals surface area contributed by atoms with Gasteiger partial charge in [-0.1, -0.05) is 24.3 Å². The first-order valence-corrected chi connectivity index (χ1v) is 8.98. The van der Waals surface area contributed by atoms with Gasteiger partial charge in [0.05, 0.1) is 4.92 Å². The summed E-state index contributed by atoms with van der Waals surface area (Å²) in [5.74, 6) is -1.11. The zero-order valence-electron chi connectivity index (χ0n) is 14.9. The Labute approximate surface area is 160 Å². The fraction of sp³-hybridized carbons (Fsp3) is 0.238. The van der Waals surface area contributed by atoms with Crippen molar-refractivity contribution in [2.75, 3.05) is 0 Å². The molecule has 0 bridgehead atoms. The molecule has 2 aliphatic rings. The van der Waals surface area contributed by atoms with Gasteiger partial charge in [0, 0.05) is 42.2 Å². The Morgan fingerprint density at radius 1 is 0.929 bits per heavy atom. The normalized spacial score (nSPS) is 21.9. The van der Waals surface area contributed by atoms with Gasteiger partial charge in [-0.15, -0.1) is 0 Å². The third-order valence-corrected chi connectivity index (χ3v) is 5.38. The van der Waals surface area contributed by atoms with Crippen LogP contribution in [-0.4, -0.2) is 16.6 Å². The predicted molar refractivity (Wildman–Crippen MR) is 99.0 cm³/mol. The predicted octanol–water partition coefficient (Wildman–Crippen LogP) is 3.74. The number of hydrogen-bond acceptors (Lipinski definition) is 4. The van der Waals surface area contributed by atoms with Gasteiger partial charge in [0.1, 0.15) is 5.82 Å². The van der Waals surface area contributed by atoms with E-state index in [9.17, 15) is 24.1 Å². The zero-order valence-corrected chi connectivity index (χ0v) is 14.9. The minimum absolute atomic E-state index is 0.0374. The molecule has 0 aromatic heterocycles. The van der Waals surface area contributed by atoms with Gasteiger partial charge in [-0.2, -0.15) is 0 Å². The van der Waals surface area contributed by atoms with Crippen LogP contribution in [0.5, 0.6) is 0 Å². The van der Waals surface area contributed by atoms with Crippen molar-refractivity contribution >= 4 is 17.4 Å². The Morgan fingerprint density at radius 3 is 2.21 bits per heavy atom. The quantitative estimate of drug-likeness (QED) is 0.649. The highest BCUT2D eigenvalue weighted by Gasteiger charge is 2.38. The van der Waals surface area contributed by atoms with Gasteiger partial charge in [0.2, 0.25) is 5.91 Å². The Bertz CT molecular complexity index is 996. The summed E-state index contributed by atoms with van der Waals surface area (Å²) in [5, 5.41) is 13.7. The maximum absolute atomic E-state index is 13.2. The molecule has 1 amide bonds. The van der Waals surface area contributed by atoms with Crippen LogP contribution in [-0.2, 0) is 9.59 Å². The van der Waals surface area contributed by atoms with E-state index in [1.165, 1.54) is 24.3 Å². The van der Waals surface area contributed by atoms with E-state index in [-0.39, 0.29) is 42.0 Å². The fourth-order valence-corrected chi connectivity index (χ4v) is 4.04. The number of rotatable bonds is 3. The van der Waals surface area contributed by atoms with E-state index in [4.69, 9.17) is 0 Å². The fourth-order valence-electron chi connectivity index (χ4n) is 4.04. The number of halogens is 1. The summed E-state index contributed by atoms with van der Waals surface area (Å²) in [5.41, 5.74) is 2.70. The standard InChI is InChI=1S/C21H17FN2O4/c22-15-5-1-12(2-6-15)14-9-18-21(19(25)10-14)17(11-20(26)23-18)13-3-7-16(8-4-13)24(27)28/h1-8,14,17H,9-11H2,(H,23,26)/t14-,17+/m0/s1. The van der Waals surface area contributed by atoms with Crippen molar-refractivity contribution < 1.29 is 18.9 Å². The number of non-ortho nitro benzene ring substituents is 1. The van der Waals surface area contributed by atoms with Crippen molar-refractivity contribution in [2.24, 2.45) is 0 Å². The molecule has 2 atom stereocenters. The van der Waals surface area contributed by atoms with Crippen LogP contribution >= 0.6 is 0 Å². The minimum atomic E-state index is -0.485. The molecule has 0 saturated heterocycles. The molecule has 0 fully saturated rings. The number of nitrogens with one attached hydrogen (secondary N) is 1. The number of nitro groups is 1. The molecule has 142 valence electrons. The number of carbonyl (C=O) groups excluding carboxylic acids is 2. The van der Waals surface area contributed by atoms with Crippen LogP contribution in [0.3, 0.4) is 0 Å². The Kier molecular flexibility index (Phi) is 4.50. The second-order valence-corrected chi connectivity index (χ2v) is 7.13. The number of nitrogens with zero attached hydrogens (tertiary/aromatic N) is 1. The summed E-state index contributed by atoms with van der Waals surface area (Å²) in [6, 6.07) is 12.0. The Morgan fingerprint density at radius 2 is 1.57 bits per heavy atom. The highest BCUT2D eigenvalue weighted by molar-refractivity contribution is 6.02. The van der Waals surface area contributed by atoms with Crippen molar-refractivity contribution in [2.45, 2.75) is 31.1 Å². The highest BCUT2D eigenvalue weighted by Crippen LogP contribution is 2.42. The summed E-state index contributed by atoms with van der Waals surface area (Å²) in [6.07, 6.45) is 0.898. The summed E-state index contributed by atoms with van der Waals surface area (Å²) in [7, 11) is 0. The van der Waals surface area contributed by atoms with Crippen molar-refractivity contribution in [3.63, 3.8) is 0 Å². The topological polar surface area (TPSA) is 89.3 Å². The van der Waals surface area contributed by atoms with E-state index in [1.54, 1.807) is 24.3 Å². The van der Waals surface area contributed by atoms with Crippen LogP contribution in [0.25, 0.3) is 0 Å². The second-order valence-electron chi connectivity index (χ2n) is 7.13. The molecule has 0 saturated carbocycles. The second kappa shape index (κ2) is 6.99. The Balaban J connectivity index is 1.68. The van der Waals surface area contributed by atoms with Crippen LogP contribution < -0.4 is 5.32 Å². The molecule has 0 spiro atoms. The summed E-state index contributed by atoms with van der Waals surface area (Å²) < 4.78 is 13.2. The van der Waals surface area contributed by atoms with Crippen LogP contribution in [0.15, 0.2) is 59.8 Å². The van der Waals surface area contributed by atoms with Crippen LogP contribution in [0.2, 0.25) is 0 Å². The number of Topliss-reactive ketones (excluding diaryl/α,β-unsaturated/α-hetero) is 1. The van der Waals surface area contributed by atoms with E-state index in [0.29, 0.717) is 23.3 Å². The lowest BCUT2D eigenvalue weighted by Crippen LogP contribution is -2.38. The monoisotopic (exact) mass is 380 g/mol. The lowest BCUT2D eigenvalue weighted by Gasteiger charge is -2.34. The number of nitro benzene ring substituents is 1. The van der Waals surface area contributed by atoms with E-state index < -0.39 is 10.8 Å². The van der Waals surface area contributed by atoms with Crippen LogP contribution in [0.1, 0.15) is 42.2 Å². The van der Waals surface area contributed by atoms with E-state index in [2.05, 4.69) is 5.32 Å². The average molecular weight is 380 g/mol. The molecule has 1 aliphatic carbocycles. The lowest BCUT2D eigenvalue weighted by atomic mass is 9.73. The third kappa shape index (κ3) is 3.31. The lowest BCUT2D eigenvalue weighted by molar-refractivity contribution is -0.384. The first-order valence-electron chi connectivity index (χ1n) is 8.98. The van der Waals surface area contributed by atoms with Crippen LogP contribution in [0, 0.1) is 15.9 Å². The number of ketones is 1. The van der Waals surface area contributed by atoms with E-state index >= 15 is 0 Å². The molecule has 0 radical (unpaired) electrons. The van der Waals surface area contributed by atoms with Gasteiger partial charge in [-0.3, -0.25) is 19.7 Å². The molecule has 2 aromatic carbocycles. The first kappa shape index (κ1) is 18.0. The van der Waals surface area contributed by atoms with Gasteiger partial charge in [0.25, 0.3) is 5.69 Å². The number of allylic oxidation sites excluding steroid dienone is 2. The zero-order chi connectivity index (χ0) is 19.8. The molecule has 28 heavy (non-hydrogen) atoms. The number of amides is 1. The third-order valence-electron chi connectivity index (χ3n) is 5.38. The molecule has 1 heterocycles. The van der Waals surface area contributed by atoms with E-state index in [0.717, 1.165) is 5.56 Å². The van der Waals surface area contributed by atoms with Gasteiger partial charge >= 0.3 is 0 Å². The van der Waals surface area contributed by atoms with Crippen LogP contribution in [0.4, 0.5) is 10.1 Å². The number of carbonyl (C=O) groups is 2. The molecule has 2 aromatic rings. The molecule has 1 aliphatic heterocycles. The van der Waals surface area contributed by atoms with E-state index in [1.807, 2.05) is 0 Å². The largest absolute Gasteiger partial charge is 0.329 e. The molecular formula is C21H17FN2O4. The van der Waals surface area contributed by atoms with Gasteiger partial charge in [0.15, 0.2) is 5.78 Å². The van der Waals surface area contributed by atoms with Crippen molar-refractivity contribution in [3.05, 3.63) is 86.9 Å². The van der Waals surface area contributed by atoms with Gasteiger partial charge in [-0.25, -0.2) is 4.39 Å².